The van der Waals surface area contributed by atoms with Crippen LogP contribution >= 0.6 is 0 Å². The van der Waals surface area contributed by atoms with Crippen LogP contribution in [-0.2, 0) is 20.3 Å². The zero-order valence-electron chi connectivity index (χ0n) is 25.8. The van der Waals surface area contributed by atoms with Crippen molar-refractivity contribution in [2.24, 2.45) is 11.8 Å². The zero-order chi connectivity index (χ0) is 28.1. The summed E-state index contributed by atoms with van der Waals surface area (Å²) in [6, 6.07) is 36.6. The van der Waals surface area contributed by atoms with Gasteiger partial charge in [0.15, 0.2) is 0 Å². The first-order chi connectivity index (χ1) is 20.1. The van der Waals surface area contributed by atoms with Crippen LogP contribution in [0.2, 0.25) is 8.26 Å². The average Bonchev–Trinajstić information content (AvgIpc) is 3.55. The van der Waals surface area contributed by atoms with Crippen molar-refractivity contribution in [2.45, 2.75) is 56.0 Å². The van der Waals surface area contributed by atoms with E-state index in [1.165, 1.54) is 54.5 Å². The van der Waals surface area contributed by atoms with Crippen molar-refractivity contribution in [1.82, 2.24) is 0 Å². The molecule has 0 spiro atoms. The summed E-state index contributed by atoms with van der Waals surface area (Å²) < 4.78 is 4.38. The van der Waals surface area contributed by atoms with E-state index in [0.29, 0.717) is 19.1 Å². The van der Waals surface area contributed by atoms with E-state index in [1.54, 1.807) is 22.3 Å². The molecule has 43 heavy (non-hydrogen) atoms. The number of fused-ring (bicyclic) bond motifs is 2. The van der Waals surface area contributed by atoms with Gasteiger partial charge in [-0.2, -0.15) is 0 Å². The Kier molecular flexibility index (Phi) is 9.78. The number of halogens is 2. The number of benzene rings is 4. The van der Waals surface area contributed by atoms with Crippen LogP contribution in [-0.4, -0.2) is 0 Å². The van der Waals surface area contributed by atoms with Crippen molar-refractivity contribution >= 4 is 12.2 Å². The fraction of sp³-hybridized carbons (Fsp3) is 0.300. The summed E-state index contributed by atoms with van der Waals surface area (Å²) in [4.78, 5) is 0. The second-order valence-electron chi connectivity index (χ2n) is 12.9. The third-order valence-corrected chi connectivity index (χ3v) is 23.6. The van der Waals surface area contributed by atoms with Gasteiger partial charge in [0.1, 0.15) is 0 Å². The van der Waals surface area contributed by atoms with Gasteiger partial charge in [0.25, 0.3) is 0 Å². The first-order valence-electron chi connectivity index (χ1n) is 15.9. The smallest absolute Gasteiger partial charge is 1.00 e. The van der Waals surface area contributed by atoms with Crippen LogP contribution in [0.4, 0.5) is 0 Å². The monoisotopic (exact) mass is 682 g/mol. The molecule has 2 aliphatic carbocycles. The molecule has 1 heterocycles. The molecule has 0 radical (unpaired) electrons. The van der Waals surface area contributed by atoms with Gasteiger partial charge < -0.3 is 24.8 Å². The van der Waals surface area contributed by atoms with Gasteiger partial charge in [-0.25, -0.2) is 0 Å². The Labute approximate surface area is 275 Å². The molecule has 0 bridgehead atoms. The van der Waals surface area contributed by atoms with Crippen molar-refractivity contribution in [3.8, 4) is 22.3 Å². The Balaban J connectivity index is 0.00000184. The summed E-state index contributed by atoms with van der Waals surface area (Å²) in [7, 11) is 0. The van der Waals surface area contributed by atoms with Gasteiger partial charge in [0.2, 0.25) is 0 Å². The molecule has 0 nitrogen and oxygen atoms in total. The second-order valence-corrected chi connectivity index (χ2v) is 24.2. The molecule has 4 unspecified atom stereocenters. The van der Waals surface area contributed by atoms with Crippen LogP contribution in [0, 0.1) is 11.8 Å². The van der Waals surface area contributed by atoms with E-state index in [2.05, 4.69) is 137 Å². The van der Waals surface area contributed by atoms with Crippen LogP contribution in [0.15, 0.2) is 108 Å². The predicted molar refractivity (Wildman–Crippen MR) is 174 cm³/mol. The minimum atomic E-state index is -2.78. The van der Waals surface area contributed by atoms with Crippen molar-refractivity contribution in [3.05, 3.63) is 130 Å². The fourth-order valence-corrected chi connectivity index (χ4v) is 26.0. The average molecular weight is 685 g/mol. The quantitative estimate of drug-likeness (QED) is 0.224. The van der Waals surface area contributed by atoms with Crippen LogP contribution in [0.3, 0.4) is 0 Å². The molecule has 4 aromatic rings. The van der Waals surface area contributed by atoms with Gasteiger partial charge in [-0.05, 0) is 0 Å². The van der Waals surface area contributed by atoms with Crippen LogP contribution in [0.25, 0.3) is 34.4 Å². The summed E-state index contributed by atoms with van der Waals surface area (Å²) >= 11 is -2.78. The number of hydrogen-bond acceptors (Lipinski definition) is 0. The van der Waals surface area contributed by atoms with E-state index in [1.807, 2.05) is 0 Å². The molecule has 4 aromatic carbocycles. The molecule has 220 valence electrons. The number of rotatable bonds is 8. The predicted octanol–water partition coefficient (Wildman–Crippen LogP) is 5.70. The fourth-order valence-electron chi connectivity index (χ4n) is 8.09. The maximum atomic E-state index is 2.66. The summed E-state index contributed by atoms with van der Waals surface area (Å²) in [5.74, 6) is 1.25. The van der Waals surface area contributed by atoms with Gasteiger partial charge in [0.05, 0.1) is 0 Å². The molecule has 3 heteroatoms. The van der Waals surface area contributed by atoms with E-state index >= 15 is 0 Å². The Hall–Kier alpha value is -2.18. The first kappa shape index (κ1) is 32.2. The Morgan fingerprint density at radius 1 is 0.558 bits per heavy atom. The Bertz CT molecular complexity index is 1530. The van der Waals surface area contributed by atoms with Gasteiger partial charge in [-0.1, -0.05) is 0 Å². The van der Waals surface area contributed by atoms with E-state index in [4.69, 9.17) is 0 Å². The molecule has 7 rings (SSSR count). The molecule has 1 fully saturated rings. The maximum Gasteiger partial charge on any atom is -1.00 e. The van der Waals surface area contributed by atoms with Gasteiger partial charge in [0, 0.05) is 0 Å². The zero-order valence-corrected chi connectivity index (χ0v) is 29.8. The Morgan fingerprint density at radius 2 is 0.953 bits per heavy atom. The molecular formula is C40H42Cl2Zr. The van der Waals surface area contributed by atoms with Crippen LogP contribution in [0.1, 0.15) is 70.0 Å². The topological polar surface area (TPSA) is 0 Å². The number of hydrogen-bond donors (Lipinski definition) is 0. The van der Waals surface area contributed by atoms with Crippen molar-refractivity contribution < 1.29 is 45.1 Å². The Morgan fingerprint density at radius 3 is 1.30 bits per heavy atom. The molecule has 4 atom stereocenters. The molecule has 0 amide bonds. The van der Waals surface area contributed by atoms with Gasteiger partial charge in [-0.3, -0.25) is 0 Å². The summed E-state index contributed by atoms with van der Waals surface area (Å²) in [6.45, 7) is 9.77. The van der Waals surface area contributed by atoms with E-state index in [0.717, 1.165) is 0 Å². The molecule has 0 aromatic heterocycles. The van der Waals surface area contributed by atoms with Gasteiger partial charge >= 0.3 is 253 Å². The van der Waals surface area contributed by atoms with Crippen LogP contribution < -0.4 is 24.8 Å². The van der Waals surface area contributed by atoms with Crippen molar-refractivity contribution in [3.63, 3.8) is 0 Å². The third kappa shape index (κ3) is 5.39. The molecule has 1 saturated heterocycles. The van der Waals surface area contributed by atoms with E-state index in [-0.39, 0.29) is 24.8 Å². The van der Waals surface area contributed by atoms with E-state index in [9.17, 15) is 0 Å². The summed E-state index contributed by atoms with van der Waals surface area (Å²) in [5, 5.41) is 0. The molecule has 1 aliphatic heterocycles. The normalized spacial score (nSPS) is 19.7. The second kappa shape index (κ2) is 13.0. The molecule has 0 N–H and O–H groups in total. The van der Waals surface area contributed by atoms with Crippen molar-refractivity contribution in [1.29, 1.82) is 0 Å². The number of allylic oxidation sites excluding steroid dienone is 2. The largest absolute Gasteiger partial charge is 1.00 e. The van der Waals surface area contributed by atoms with Gasteiger partial charge in [-0.15, -0.1) is 0 Å². The van der Waals surface area contributed by atoms with E-state index < -0.39 is 20.3 Å². The first-order valence-corrected chi connectivity index (χ1v) is 22.2. The van der Waals surface area contributed by atoms with Crippen molar-refractivity contribution in [2.75, 3.05) is 0 Å². The third-order valence-electron chi connectivity index (χ3n) is 10.7. The minimum Gasteiger partial charge on any atom is -1.00 e. The standard InChI is InChI=1S/2C19H19.C2H4.2ClH.Zr/c2*1-3-14(2)17-12-16-10-7-11-18(19(16)13-17)15-8-5-4-6-9-15;1-2;;;/h2*4-14H,3H2,1-2H3;1-2H2;2*1H;/q;;;;;+2/p-2. The minimum absolute atomic E-state index is 0. The molecule has 0 saturated carbocycles. The SMILES string of the molecule is CCC(C)C1=Cc2c(-c3ccccc3)cccc2[CH]1[Zr+2]1([CH]2C(C(C)CC)=Cc3c(-c4ccccc4)cccc32)[CH2][CH2]1.[Cl-].[Cl-]. The molecule has 3 aliphatic rings. The summed E-state index contributed by atoms with van der Waals surface area (Å²) in [5.41, 5.74) is 15.4. The maximum absolute atomic E-state index is 2.78. The summed E-state index contributed by atoms with van der Waals surface area (Å²) in [6.07, 6.45) is 7.76. The molecular weight excluding hydrogens is 643 g/mol. The van der Waals surface area contributed by atoms with Crippen LogP contribution in [0.5, 0.6) is 0 Å².